The van der Waals surface area contributed by atoms with Crippen molar-refractivity contribution >= 4 is 6.09 Å². The van der Waals surface area contributed by atoms with Gasteiger partial charge in [0.05, 0.1) is 12.6 Å². The fraction of sp³-hybridized carbons (Fsp3) is 0.706. The molecule has 4 heteroatoms. The van der Waals surface area contributed by atoms with Gasteiger partial charge in [0.15, 0.2) is 0 Å². The summed E-state index contributed by atoms with van der Waals surface area (Å²) in [6.07, 6.45) is 10.00. The van der Waals surface area contributed by atoms with Gasteiger partial charge in [-0.05, 0) is 37.3 Å². The summed E-state index contributed by atoms with van der Waals surface area (Å²) in [5.41, 5.74) is 1.96. The lowest BCUT2D eigenvalue weighted by Gasteiger charge is -2.33. The number of piperidine rings is 1. The van der Waals surface area contributed by atoms with Crippen LogP contribution in [0, 0.1) is 11.3 Å². The molecule has 0 N–H and O–H groups in total. The lowest BCUT2D eigenvalue weighted by molar-refractivity contribution is 0.0630. The molecule has 3 atom stereocenters. The van der Waals surface area contributed by atoms with Gasteiger partial charge in [-0.25, -0.2) is 4.79 Å². The van der Waals surface area contributed by atoms with Gasteiger partial charge in [-0.3, -0.25) is 0 Å². The fourth-order valence-electron chi connectivity index (χ4n) is 4.35. The molecule has 0 spiro atoms. The largest absolute Gasteiger partial charge is 0.449 e. The molecule has 4 rings (SSSR count). The second-order valence-electron chi connectivity index (χ2n) is 6.87. The molecular formula is C17H24N2O2. The van der Waals surface area contributed by atoms with E-state index in [9.17, 15) is 4.79 Å². The van der Waals surface area contributed by atoms with E-state index in [0.717, 1.165) is 31.8 Å². The van der Waals surface area contributed by atoms with Gasteiger partial charge in [0.1, 0.15) is 0 Å². The predicted molar refractivity (Wildman–Crippen MR) is 81.0 cm³/mol. The molecule has 2 heterocycles. The van der Waals surface area contributed by atoms with Gasteiger partial charge >= 0.3 is 6.09 Å². The number of fused-ring (bicyclic) bond motifs is 1. The first-order valence-corrected chi connectivity index (χ1v) is 8.27. The minimum Gasteiger partial charge on any atom is -0.449 e. The van der Waals surface area contributed by atoms with Crippen LogP contribution in [-0.4, -0.2) is 54.7 Å². The van der Waals surface area contributed by atoms with Gasteiger partial charge in [-0.1, -0.05) is 25.2 Å². The van der Waals surface area contributed by atoms with Crippen LogP contribution in [0.25, 0.3) is 0 Å². The quantitative estimate of drug-likeness (QED) is 0.799. The average molecular weight is 288 g/mol. The summed E-state index contributed by atoms with van der Waals surface area (Å²) in [5.74, 6) is 0.866. The zero-order valence-corrected chi connectivity index (χ0v) is 12.8. The van der Waals surface area contributed by atoms with Crippen LogP contribution >= 0.6 is 0 Å². The van der Waals surface area contributed by atoms with Crippen molar-refractivity contribution in [2.45, 2.75) is 32.2 Å². The molecule has 2 aliphatic carbocycles. The molecule has 114 valence electrons. The Morgan fingerprint density at radius 1 is 1.48 bits per heavy atom. The standard InChI is InChI=1S/C17H24N2O2/c1-2-18-11-14-10-17(14,12-18)13-4-6-15(7-5-13)19-8-3-9-21-16(19)20/h4-6,14-15H,2-3,7-12H2,1H3. The van der Waals surface area contributed by atoms with E-state index in [4.69, 9.17) is 4.74 Å². The molecule has 1 saturated carbocycles. The Balaban J connectivity index is 1.43. The van der Waals surface area contributed by atoms with Crippen molar-refractivity contribution in [3.63, 3.8) is 0 Å². The summed E-state index contributed by atoms with van der Waals surface area (Å²) in [6, 6.07) is 0.193. The Labute approximate surface area is 126 Å². The summed E-state index contributed by atoms with van der Waals surface area (Å²) in [5, 5.41) is 0. The highest BCUT2D eigenvalue weighted by atomic mass is 16.6. The van der Waals surface area contributed by atoms with E-state index in [-0.39, 0.29) is 12.1 Å². The summed E-state index contributed by atoms with van der Waals surface area (Å²) >= 11 is 0. The molecule has 4 nitrogen and oxygen atoms in total. The minimum absolute atomic E-state index is 0.145. The number of allylic oxidation sites excluding steroid dienone is 1. The summed E-state index contributed by atoms with van der Waals surface area (Å²) in [4.78, 5) is 16.3. The number of hydrogen-bond donors (Lipinski definition) is 0. The maximum absolute atomic E-state index is 11.8. The van der Waals surface area contributed by atoms with Crippen LogP contribution in [0.4, 0.5) is 4.79 Å². The first-order valence-electron chi connectivity index (χ1n) is 8.27. The van der Waals surface area contributed by atoms with Crippen molar-refractivity contribution in [3.8, 4) is 0 Å². The Bertz CT molecular complexity index is 513. The van der Waals surface area contributed by atoms with Gasteiger partial charge < -0.3 is 14.5 Å². The Morgan fingerprint density at radius 3 is 3.05 bits per heavy atom. The number of likely N-dealkylation sites (tertiary alicyclic amines) is 1. The van der Waals surface area contributed by atoms with Gasteiger partial charge in [-0.2, -0.15) is 0 Å². The Kier molecular flexibility index (Phi) is 3.10. The zero-order chi connectivity index (χ0) is 14.4. The van der Waals surface area contributed by atoms with Crippen molar-refractivity contribution in [2.75, 3.05) is 32.8 Å². The van der Waals surface area contributed by atoms with Crippen LogP contribution < -0.4 is 0 Å². The fourth-order valence-corrected chi connectivity index (χ4v) is 4.35. The highest BCUT2D eigenvalue weighted by molar-refractivity contribution is 5.69. The van der Waals surface area contributed by atoms with E-state index in [2.05, 4.69) is 30.1 Å². The lowest BCUT2D eigenvalue weighted by Crippen LogP contribution is -2.44. The normalized spacial score (nSPS) is 39.0. The molecule has 21 heavy (non-hydrogen) atoms. The Hall–Kier alpha value is -1.29. The lowest BCUT2D eigenvalue weighted by atomic mass is 9.88. The monoisotopic (exact) mass is 288 g/mol. The molecule has 4 aliphatic rings. The number of carbonyl (C=O) groups is 1. The van der Waals surface area contributed by atoms with Gasteiger partial charge in [0.25, 0.3) is 0 Å². The van der Waals surface area contributed by atoms with Crippen molar-refractivity contribution in [1.82, 2.24) is 9.80 Å². The second-order valence-corrected chi connectivity index (χ2v) is 6.87. The van der Waals surface area contributed by atoms with E-state index in [1.165, 1.54) is 25.1 Å². The van der Waals surface area contributed by atoms with E-state index in [1.807, 2.05) is 4.90 Å². The molecule has 3 fully saturated rings. The number of nitrogens with zero attached hydrogens (tertiary/aromatic N) is 2. The molecule has 0 aromatic heterocycles. The second kappa shape index (κ2) is 4.87. The molecule has 0 bridgehead atoms. The van der Waals surface area contributed by atoms with Crippen LogP contribution in [0.1, 0.15) is 26.2 Å². The van der Waals surface area contributed by atoms with E-state index in [0.29, 0.717) is 12.0 Å². The van der Waals surface area contributed by atoms with Crippen LogP contribution in [-0.2, 0) is 4.74 Å². The number of cyclic esters (lactones) is 1. The summed E-state index contributed by atoms with van der Waals surface area (Å²) < 4.78 is 5.15. The topological polar surface area (TPSA) is 32.8 Å². The van der Waals surface area contributed by atoms with Gasteiger partial charge in [0, 0.05) is 25.0 Å². The number of amides is 1. The third-order valence-electron chi connectivity index (χ3n) is 5.72. The SMILES string of the molecule is CCN1CC2CC2(C2=CCC(N3CCCOC3=O)C=C2)C1. The molecule has 0 aromatic rings. The van der Waals surface area contributed by atoms with Crippen LogP contribution in [0.5, 0.6) is 0 Å². The number of rotatable bonds is 3. The number of hydrogen-bond acceptors (Lipinski definition) is 3. The van der Waals surface area contributed by atoms with Crippen LogP contribution in [0.2, 0.25) is 0 Å². The zero-order valence-electron chi connectivity index (χ0n) is 12.8. The van der Waals surface area contributed by atoms with Gasteiger partial charge in [0.2, 0.25) is 0 Å². The van der Waals surface area contributed by atoms with Crippen molar-refractivity contribution in [3.05, 3.63) is 23.8 Å². The van der Waals surface area contributed by atoms with E-state index < -0.39 is 0 Å². The molecule has 1 amide bonds. The highest BCUT2D eigenvalue weighted by Crippen LogP contribution is 2.62. The van der Waals surface area contributed by atoms with Crippen molar-refractivity contribution in [2.24, 2.45) is 11.3 Å². The van der Waals surface area contributed by atoms with Crippen LogP contribution in [0.15, 0.2) is 23.8 Å². The molecular weight excluding hydrogens is 264 g/mol. The third-order valence-corrected chi connectivity index (χ3v) is 5.72. The first-order chi connectivity index (χ1) is 10.2. The molecule has 3 unspecified atom stereocenters. The third kappa shape index (κ3) is 2.11. The van der Waals surface area contributed by atoms with E-state index >= 15 is 0 Å². The number of carbonyl (C=O) groups excluding carboxylic acids is 1. The highest BCUT2D eigenvalue weighted by Gasteiger charge is 2.60. The summed E-state index contributed by atoms with van der Waals surface area (Å²) in [6.45, 7) is 7.31. The first kappa shape index (κ1) is 13.4. The average Bonchev–Trinajstić information content (AvgIpc) is 3.10. The van der Waals surface area contributed by atoms with Crippen molar-refractivity contribution < 1.29 is 9.53 Å². The minimum atomic E-state index is -0.145. The molecule has 2 saturated heterocycles. The van der Waals surface area contributed by atoms with Gasteiger partial charge in [-0.15, -0.1) is 0 Å². The Morgan fingerprint density at radius 2 is 2.38 bits per heavy atom. The summed E-state index contributed by atoms with van der Waals surface area (Å²) in [7, 11) is 0. The molecule has 0 aromatic carbocycles. The molecule has 0 radical (unpaired) electrons. The van der Waals surface area contributed by atoms with Crippen molar-refractivity contribution in [1.29, 1.82) is 0 Å². The number of ether oxygens (including phenoxy) is 1. The predicted octanol–water partition coefficient (Wildman–Crippen LogP) is 2.43. The van der Waals surface area contributed by atoms with Crippen LogP contribution in [0.3, 0.4) is 0 Å². The smallest absolute Gasteiger partial charge is 0.410 e. The van der Waals surface area contributed by atoms with E-state index in [1.54, 1.807) is 0 Å². The maximum Gasteiger partial charge on any atom is 0.410 e. The maximum atomic E-state index is 11.8. The molecule has 2 aliphatic heterocycles.